The van der Waals surface area contributed by atoms with Gasteiger partial charge < -0.3 is 10.1 Å². The Kier molecular flexibility index (Phi) is 4.92. The van der Waals surface area contributed by atoms with Gasteiger partial charge in [-0.3, -0.25) is 0 Å². The van der Waals surface area contributed by atoms with E-state index >= 15 is 0 Å². The number of piperidine rings is 1. The molecule has 0 amide bonds. The monoisotopic (exact) mass is 206 g/mol. The van der Waals surface area contributed by atoms with E-state index < -0.39 is 0 Å². The second kappa shape index (κ2) is 6.26. The largest absolute Gasteiger partial charge is 0.493 e. The summed E-state index contributed by atoms with van der Waals surface area (Å²) in [6.07, 6.45) is 5.72. The minimum atomic E-state index is -0.196. The molecule has 1 aliphatic heterocycles. The van der Waals surface area contributed by atoms with E-state index in [0.717, 1.165) is 31.7 Å². The van der Waals surface area contributed by atoms with Crippen LogP contribution in [0.1, 0.15) is 19.8 Å². The zero-order chi connectivity index (χ0) is 11.1. The van der Waals surface area contributed by atoms with Gasteiger partial charge >= 0.3 is 0 Å². The van der Waals surface area contributed by atoms with Gasteiger partial charge in [-0.05, 0) is 38.9 Å². The van der Waals surface area contributed by atoms with Gasteiger partial charge in [-0.15, -0.1) is 0 Å². The number of rotatable bonds is 4. The number of hydrogen-bond acceptors (Lipinski definition) is 3. The van der Waals surface area contributed by atoms with Crippen LogP contribution in [-0.4, -0.2) is 19.2 Å². The highest BCUT2D eigenvalue weighted by molar-refractivity contribution is 5.12. The van der Waals surface area contributed by atoms with Crippen LogP contribution in [-0.2, 0) is 4.74 Å². The Morgan fingerprint density at radius 2 is 2.27 bits per heavy atom. The summed E-state index contributed by atoms with van der Waals surface area (Å²) in [4.78, 5) is 0. The Labute approximate surface area is 91.4 Å². The summed E-state index contributed by atoms with van der Waals surface area (Å²) >= 11 is 0. The van der Waals surface area contributed by atoms with Gasteiger partial charge in [0.25, 0.3) is 0 Å². The predicted molar refractivity (Wildman–Crippen MR) is 60.0 cm³/mol. The first-order chi connectivity index (χ1) is 7.27. The van der Waals surface area contributed by atoms with E-state index in [-0.39, 0.29) is 12.0 Å². The molecule has 1 rings (SSSR count). The Hall–Kier alpha value is -1.27. The molecule has 82 valence electrons. The molecule has 1 fully saturated rings. The zero-order valence-corrected chi connectivity index (χ0v) is 9.20. The molecular weight excluding hydrogens is 188 g/mol. The van der Waals surface area contributed by atoms with Gasteiger partial charge in [-0.2, -0.15) is 5.26 Å². The predicted octanol–water partition coefficient (Wildman–Crippen LogP) is 1.98. The molecule has 1 heterocycles. The minimum Gasteiger partial charge on any atom is -0.493 e. The molecule has 1 saturated heterocycles. The summed E-state index contributed by atoms with van der Waals surface area (Å²) in [6, 6.07) is 2.18. The van der Waals surface area contributed by atoms with E-state index in [1.54, 1.807) is 12.2 Å². The topological polar surface area (TPSA) is 45.0 Å². The number of allylic oxidation sites excluding steroid dienone is 3. The molecule has 0 aliphatic carbocycles. The van der Waals surface area contributed by atoms with Crippen LogP contribution in [0.4, 0.5) is 0 Å². The maximum Gasteiger partial charge on any atom is 0.113 e. The number of nitrogens with zero attached hydrogens (tertiary/aromatic N) is 1. The van der Waals surface area contributed by atoms with Gasteiger partial charge in [0, 0.05) is 0 Å². The lowest BCUT2D eigenvalue weighted by Gasteiger charge is -2.25. The molecule has 0 aromatic rings. The van der Waals surface area contributed by atoms with Gasteiger partial charge in [-0.1, -0.05) is 12.7 Å². The summed E-state index contributed by atoms with van der Waals surface area (Å²) in [5.74, 6) is 0.539. The number of ether oxygens (including phenoxy) is 1. The molecule has 1 atom stereocenters. The third kappa shape index (κ3) is 3.77. The lowest BCUT2D eigenvalue weighted by atomic mass is 10.1. The molecule has 3 nitrogen and oxygen atoms in total. The zero-order valence-electron chi connectivity index (χ0n) is 9.20. The van der Waals surface area contributed by atoms with E-state index in [2.05, 4.69) is 18.0 Å². The smallest absolute Gasteiger partial charge is 0.113 e. The third-order valence-electron chi connectivity index (χ3n) is 2.49. The number of nitrogens with one attached hydrogen (secondary N) is 1. The van der Waals surface area contributed by atoms with Crippen molar-refractivity contribution >= 4 is 0 Å². The van der Waals surface area contributed by atoms with Crippen LogP contribution in [0.15, 0.2) is 24.5 Å². The molecule has 0 radical (unpaired) electrons. The molecule has 0 saturated carbocycles. The van der Waals surface area contributed by atoms with E-state index in [0.29, 0.717) is 0 Å². The van der Waals surface area contributed by atoms with Crippen molar-refractivity contribution in [3.05, 3.63) is 24.5 Å². The van der Waals surface area contributed by atoms with Crippen molar-refractivity contribution in [2.75, 3.05) is 13.1 Å². The first-order valence-corrected chi connectivity index (χ1v) is 5.37. The van der Waals surface area contributed by atoms with Gasteiger partial charge in [0.15, 0.2) is 0 Å². The maximum atomic E-state index is 8.84. The summed E-state index contributed by atoms with van der Waals surface area (Å²) < 4.78 is 5.81. The summed E-state index contributed by atoms with van der Waals surface area (Å²) in [5.41, 5.74) is 0. The van der Waals surface area contributed by atoms with Gasteiger partial charge in [0.1, 0.15) is 17.8 Å². The number of hydrogen-bond donors (Lipinski definition) is 1. The fraction of sp³-hybridized carbons (Fsp3) is 0.583. The van der Waals surface area contributed by atoms with E-state index in [9.17, 15) is 0 Å². The van der Waals surface area contributed by atoms with Gasteiger partial charge in [0.05, 0.1) is 6.07 Å². The van der Waals surface area contributed by atoms with Crippen LogP contribution in [0.5, 0.6) is 0 Å². The normalized spacial score (nSPS) is 20.4. The van der Waals surface area contributed by atoms with E-state index in [1.807, 2.05) is 6.92 Å². The van der Waals surface area contributed by atoms with Crippen molar-refractivity contribution in [2.24, 2.45) is 5.92 Å². The minimum absolute atomic E-state index is 0.196. The second-order valence-corrected chi connectivity index (χ2v) is 3.72. The fourth-order valence-electron chi connectivity index (χ4n) is 1.57. The summed E-state index contributed by atoms with van der Waals surface area (Å²) in [5, 5.41) is 12.1. The lowest BCUT2D eigenvalue weighted by molar-refractivity contribution is 0.0768. The Balaban J connectivity index is 2.54. The van der Waals surface area contributed by atoms with Crippen LogP contribution >= 0.6 is 0 Å². The highest BCUT2D eigenvalue weighted by Gasteiger charge is 2.18. The molecule has 0 bridgehead atoms. The molecule has 0 spiro atoms. The molecule has 1 N–H and O–H groups in total. The van der Waals surface area contributed by atoms with Gasteiger partial charge in [0.2, 0.25) is 0 Å². The highest BCUT2D eigenvalue weighted by atomic mass is 16.5. The van der Waals surface area contributed by atoms with Crippen molar-refractivity contribution in [1.82, 2.24) is 5.32 Å². The SMILES string of the molecule is C=C/C=C(/OC1CCNCC1)C(C)C#N. The first kappa shape index (κ1) is 11.8. The van der Waals surface area contributed by atoms with Crippen LogP contribution in [0.3, 0.4) is 0 Å². The summed E-state index contributed by atoms with van der Waals surface area (Å²) in [6.45, 7) is 7.46. The van der Waals surface area contributed by atoms with Crippen LogP contribution in [0, 0.1) is 17.2 Å². The second-order valence-electron chi connectivity index (χ2n) is 3.72. The summed E-state index contributed by atoms with van der Waals surface area (Å²) in [7, 11) is 0. The third-order valence-corrected chi connectivity index (χ3v) is 2.49. The molecule has 3 heteroatoms. The van der Waals surface area contributed by atoms with E-state index in [4.69, 9.17) is 10.00 Å². The van der Waals surface area contributed by atoms with Crippen LogP contribution in [0.2, 0.25) is 0 Å². The lowest BCUT2D eigenvalue weighted by Crippen LogP contribution is -2.32. The molecular formula is C12H18N2O. The first-order valence-electron chi connectivity index (χ1n) is 5.37. The molecule has 1 aliphatic rings. The average molecular weight is 206 g/mol. The molecule has 15 heavy (non-hydrogen) atoms. The molecule has 0 aromatic carbocycles. The van der Waals surface area contributed by atoms with Gasteiger partial charge in [-0.25, -0.2) is 0 Å². The molecule has 1 unspecified atom stereocenters. The van der Waals surface area contributed by atoms with E-state index in [1.165, 1.54) is 0 Å². The van der Waals surface area contributed by atoms with Crippen molar-refractivity contribution < 1.29 is 4.74 Å². The highest BCUT2D eigenvalue weighted by Crippen LogP contribution is 2.18. The van der Waals surface area contributed by atoms with Crippen molar-refractivity contribution in [3.8, 4) is 6.07 Å². The molecule has 0 aromatic heterocycles. The fourth-order valence-corrected chi connectivity index (χ4v) is 1.57. The average Bonchev–Trinajstić information content (AvgIpc) is 2.29. The van der Waals surface area contributed by atoms with Crippen LogP contribution < -0.4 is 5.32 Å². The van der Waals surface area contributed by atoms with Crippen LogP contribution in [0.25, 0.3) is 0 Å². The Bertz CT molecular complexity index is 272. The standard InChI is InChI=1S/C12H18N2O/c1-3-4-12(10(2)9-13)15-11-5-7-14-8-6-11/h3-4,10-11,14H,1,5-8H2,2H3/b12-4+. The van der Waals surface area contributed by atoms with Crippen molar-refractivity contribution in [2.45, 2.75) is 25.9 Å². The Morgan fingerprint density at radius 3 is 2.80 bits per heavy atom. The van der Waals surface area contributed by atoms with Crippen molar-refractivity contribution in [1.29, 1.82) is 5.26 Å². The number of nitriles is 1. The Morgan fingerprint density at radius 1 is 1.60 bits per heavy atom. The quantitative estimate of drug-likeness (QED) is 0.565. The van der Waals surface area contributed by atoms with Crippen molar-refractivity contribution in [3.63, 3.8) is 0 Å². The maximum absolute atomic E-state index is 8.84.